The molecule has 8 nitrogen and oxygen atoms in total. The number of halogens is 1. The Hall–Kier alpha value is -3.10. The zero-order valence-corrected chi connectivity index (χ0v) is 17.9. The highest BCUT2D eigenvalue weighted by Gasteiger charge is 2.24. The monoisotopic (exact) mass is 419 g/mol. The molecule has 0 radical (unpaired) electrons. The Morgan fingerprint density at radius 2 is 2.03 bits per heavy atom. The lowest BCUT2D eigenvalue weighted by atomic mass is 10.2. The largest absolute Gasteiger partial charge is 0.383 e. The van der Waals surface area contributed by atoms with Crippen molar-refractivity contribution in [2.75, 3.05) is 29.0 Å². The molecular formula is C21H30FN5O3. The summed E-state index contributed by atoms with van der Waals surface area (Å²) < 4.78 is 15.3. The van der Waals surface area contributed by atoms with Gasteiger partial charge >= 0.3 is 5.69 Å². The summed E-state index contributed by atoms with van der Waals surface area (Å²) >= 11 is 0. The van der Waals surface area contributed by atoms with Gasteiger partial charge in [-0.15, -0.1) is 0 Å². The van der Waals surface area contributed by atoms with Gasteiger partial charge in [0.15, 0.2) is 5.69 Å². The number of aromatic nitrogens is 2. The zero-order chi connectivity index (χ0) is 22.4. The summed E-state index contributed by atoms with van der Waals surface area (Å²) in [5.41, 5.74) is 5.73. The molecule has 4 N–H and O–H groups in total. The molecule has 0 saturated heterocycles. The van der Waals surface area contributed by atoms with Gasteiger partial charge in [0.05, 0.1) is 12.2 Å². The second-order valence-electron chi connectivity index (χ2n) is 7.73. The molecule has 0 aliphatic heterocycles. The first-order valence-corrected chi connectivity index (χ1v) is 10.1. The maximum atomic E-state index is 14.1. The molecule has 1 aromatic heterocycles. The molecule has 9 heteroatoms. The second-order valence-corrected chi connectivity index (χ2v) is 7.73. The highest BCUT2D eigenvalue weighted by Crippen LogP contribution is 2.20. The van der Waals surface area contributed by atoms with Crippen molar-refractivity contribution in [2.45, 2.75) is 47.1 Å². The number of carbonyl (C=O) groups is 1. The molecule has 1 amide bonds. The van der Waals surface area contributed by atoms with E-state index in [1.54, 1.807) is 19.1 Å². The minimum atomic E-state index is -0.719. The number of nitrogens with one attached hydrogen (secondary N) is 2. The van der Waals surface area contributed by atoms with Crippen LogP contribution in [0, 0.1) is 18.7 Å². The molecule has 164 valence electrons. The van der Waals surface area contributed by atoms with Crippen molar-refractivity contribution in [1.82, 2.24) is 9.55 Å². The first-order valence-electron chi connectivity index (χ1n) is 10.1. The summed E-state index contributed by atoms with van der Waals surface area (Å²) in [4.78, 5) is 41.2. The number of hydrogen-bond donors (Lipinski definition) is 3. The molecule has 0 unspecified atom stereocenters. The fourth-order valence-corrected chi connectivity index (χ4v) is 3.09. The summed E-state index contributed by atoms with van der Waals surface area (Å²) in [5.74, 6) is -0.862. The molecule has 2 aromatic rings. The van der Waals surface area contributed by atoms with E-state index < -0.39 is 23.0 Å². The Morgan fingerprint density at radius 1 is 1.33 bits per heavy atom. The molecule has 0 atom stereocenters. The number of nitrogens with two attached hydrogens (primary N) is 1. The van der Waals surface area contributed by atoms with Crippen LogP contribution in [0.4, 0.5) is 21.6 Å². The molecular weight excluding hydrogens is 389 g/mol. The summed E-state index contributed by atoms with van der Waals surface area (Å²) in [7, 11) is 0. The molecule has 0 aliphatic rings. The molecule has 1 heterocycles. The van der Waals surface area contributed by atoms with Crippen LogP contribution in [-0.4, -0.2) is 28.5 Å². The molecule has 1 aromatic carbocycles. The van der Waals surface area contributed by atoms with E-state index in [9.17, 15) is 18.8 Å². The van der Waals surface area contributed by atoms with E-state index in [1.807, 2.05) is 20.8 Å². The van der Waals surface area contributed by atoms with Gasteiger partial charge in [0.25, 0.3) is 5.56 Å². The van der Waals surface area contributed by atoms with E-state index in [2.05, 4.69) is 10.3 Å². The first kappa shape index (κ1) is 23.2. The Morgan fingerprint density at radius 3 is 2.63 bits per heavy atom. The summed E-state index contributed by atoms with van der Waals surface area (Å²) in [5, 5.41) is 2.78. The number of benzene rings is 1. The van der Waals surface area contributed by atoms with Crippen LogP contribution in [0.15, 0.2) is 27.8 Å². The maximum absolute atomic E-state index is 14.1. The van der Waals surface area contributed by atoms with Crippen LogP contribution in [-0.2, 0) is 11.3 Å². The van der Waals surface area contributed by atoms with Gasteiger partial charge in [-0.1, -0.05) is 33.3 Å². The van der Waals surface area contributed by atoms with E-state index in [1.165, 1.54) is 15.5 Å². The molecule has 0 bridgehead atoms. The number of nitrogens with zero attached hydrogens (tertiary/aromatic N) is 2. The van der Waals surface area contributed by atoms with Gasteiger partial charge in [-0.05, 0) is 37.0 Å². The molecule has 0 spiro atoms. The molecule has 2 rings (SSSR count). The Kier molecular flexibility index (Phi) is 7.79. The minimum absolute atomic E-state index is 0.0524. The number of unbranched alkanes of at least 4 members (excludes halogenated alkanes) is 1. The van der Waals surface area contributed by atoms with Crippen LogP contribution < -0.4 is 27.2 Å². The number of H-pyrrole nitrogens is 1. The SMILES string of the molecule is CCCCN(C(=O)CNc1ccc(C)cc1F)c1c(N)n(CC(C)C)c(=O)[nH]c1=O. The second kappa shape index (κ2) is 10.1. The number of carbonyl (C=O) groups excluding carboxylic acids is 1. The van der Waals surface area contributed by atoms with Gasteiger partial charge in [0.1, 0.15) is 11.6 Å². The Labute approximate surface area is 174 Å². The van der Waals surface area contributed by atoms with Crippen molar-refractivity contribution < 1.29 is 9.18 Å². The van der Waals surface area contributed by atoms with Crippen molar-refractivity contribution in [1.29, 1.82) is 0 Å². The van der Waals surface area contributed by atoms with Gasteiger partial charge in [-0.3, -0.25) is 19.1 Å². The van der Waals surface area contributed by atoms with Crippen LogP contribution in [0.2, 0.25) is 0 Å². The van der Waals surface area contributed by atoms with Gasteiger partial charge in [-0.25, -0.2) is 9.18 Å². The summed E-state index contributed by atoms with van der Waals surface area (Å²) in [6.45, 7) is 7.87. The molecule has 0 fully saturated rings. The number of aromatic amines is 1. The lowest BCUT2D eigenvalue weighted by Crippen LogP contribution is -2.44. The highest BCUT2D eigenvalue weighted by atomic mass is 19.1. The third-order valence-corrected chi connectivity index (χ3v) is 4.62. The average Bonchev–Trinajstić information content (AvgIpc) is 2.66. The lowest BCUT2D eigenvalue weighted by molar-refractivity contribution is -0.117. The smallest absolute Gasteiger partial charge is 0.330 e. The maximum Gasteiger partial charge on any atom is 0.330 e. The van der Waals surface area contributed by atoms with Crippen LogP contribution >= 0.6 is 0 Å². The Bertz CT molecular complexity index is 1010. The van der Waals surface area contributed by atoms with Crippen molar-refractivity contribution in [3.05, 3.63) is 50.4 Å². The number of anilines is 3. The topological polar surface area (TPSA) is 113 Å². The summed E-state index contributed by atoms with van der Waals surface area (Å²) in [6, 6.07) is 4.65. The molecule has 0 saturated carbocycles. The van der Waals surface area contributed by atoms with E-state index in [-0.39, 0.29) is 36.2 Å². The van der Waals surface area contributed by atoms with E-state index >= 15 is 0 Å². The normalized spacial score (nSPS) is 11.0. The third-order valence-electron chi connectivity index (χ3n) is 4.62. The zero-order valence-electron chi connectivity index (χ0n) is 17.9. The number of rotatable bonds is 9. The highest BCUT2D eigenvalue weighted by molar-refractivity contribution is 5.98. The van der Waals surface area contributed by atoms with E-state index in [0.717, 1.165) is 12.0 Å². The van der Waals surface area contributed by atoms with Crippen LogP contribution in [0.25, 0.3) is 0 Å². The number of hydrogen-bond acceptors (Lipinski definition) is 5. The van der Waals surface area contributed by atoms with Crippen LogP contribution in [0.1, 0.15) is 39.2 Å². The average molecular weight is 420 g/mol. The standard InChI is InChI=1S/C21H30FN5O3/c1-5-6-9-26(17(28)11-24-16-8-7-14(4)10-15(16)22)18-19(23)27(12-13(2)3)21(30)25-20(18)29/h7-8,10,13,24H,5-6,9,11-12,23H2,1-4H3,(H,25,29,30). The number of amides is 1. The summed E-state index contributed by atoms with van der Waals surface area (Å²) in [6.07, 6.45) is 1.42. The van der Waals surface area contributed by atoms with Crippen LogP contribution in [0.3, 0.4) is 0 Å². The fourth-order valence-electron chi connectivity index (χ4n) is 3.09. The molecule has 0 aliphatic carbocycles. The van der Waals surface area contributed by atoms with Gasteiger partial charge < -0.3 is 16.0 Å². The van der Waals surface area contributed by atoms with Crippen molar-refractivity contribution in [2.24, 2.45) is 5.92 Å². The number of aryl methyl sites for hydroxylation is 1. The molecule has 30 heavy (non-hydrogen) atoms. The fraction of sp³-hybridized carbons (Fsp3) is 0.476. The Balaban J connectivity index is 2.38. The van der Waals surface area contributed by atoms with Gasteiger partial charge in [-0.2, -0.15) is 0 Å². The predicted molar refractivity (Wildman–Crippen MR) is 117 cm³/mol. The quantitative estimate of drug-likeness (QED) is 0.578. The van der Waals surface area contributed by atoms with E-state index in [0.29, 0.717) is 13.0 Å². The van der Waals surface area contributed by atoms with Crippen molar-refractivity contribution in [3.8, 4) is 0 Å². The number of nitrogen functional groups attached to an aromatic ring is 1. The van der Waals surface area contributed by atoms with E-state index in [4.69, 9.17) is 5.73 Å². The minimum Gasteiger partial charge on any atom is -0.383 e. The third kappa shape index (κ3) is 5.49. The van der Waals surface area contributed by atoms with Gasteiger partial charge in [0, 0.05) is 13.1 Å². The van der Waals surface area contributed by atoms with Crippen molar-refractivity contribution >= 4 is 23.1 Å². The predicted octanol–water partition coefficient (Wildman–Crippen LogP) is 2.47. The van der Waals surface area contributed by atoms with Gasteiger partial charge in [0.2, 0.25) is 5.91 Å². The first-order chi connectivity index (χ1) is 14.1. The lowest BCUT2D eigenvalue weighted by Gasteiger charge is -2.25. The van der Waals surface area contributed by atoms with Crippen LogP contribution in [0.5, 0.6) is 0 Å². The van der Waals surface area contributed by atoms with Crippen molar-refractivity contribution in [3.63, 3.8) is 0 Å².